The molecule has 2 heterocycles. The number of carbonyl (C=O) groups excluding carboxylic acids is 1. The number of furan rings is 1. The fourth-order valence-electron chi connectivity index (χ4n) is 3.64. The van der Waals surface area contributed by atoms with E-state index in [0.29, 0.717) is 29.8 Å². The molecule has 1 aliphatic carbocycles. The Labute approximate surface area is 113 Å². The molecule has 1 aromatic rings. The van der Waals surface area contributed by atoms with Crippen LogP contribution >= 0.6 is 0 Å². The largest absolute Gasteiger partial charge is 0.467 e. The van der Waals surface area contributed by atoms with Crippen LogP contribution in [0.15, 0.2) is 16.7 Å². The summed E-state index contributed by atoms with van der Waals surface area (Å²) in [7, 11) is 0. The molecule has 1 saturated carbocycles. The summed E-state index contributed by atoms with van der Waals surface area (Å²) < 4.78 is 5.28. The van der Waals surface area contributed by atoms with Crippen molar-refractivity contribution in [2.24, 2.45) is 11.7 Å². The Balaban J connectivity index is 1.74. The third kappa shape index (κ3) is 2.41. The molecule has 2 N–H and O–H groups in total. The lowest BCUT2D eigenvalue weighted by Gasteiger charge is -2.29. The second-order valence-electron chi connectivity index (χ2n) is 5.76. The van der Waals surface area contributed by atoms with E-state index < -0.39 is 0 Å². The predicted molar refractivity (Wildman–Crippen MR) is 72.6 cm³/mol. The van der Waals surface area contributed by atoms with Crippen LogP contribution in [-0.2, 0) is 6.54 Å². The molecule has 104 valence electrons. The van der Waals surface area contributed by atoms with Crippen molar-refractivity contribution < 1.29 is 9.21 Å². The van der Waals surface area contributed by atoms with E-state index in [9.17, 15) is 4.79 Å². The van der Waals surface area contributed by atoms with Gasteiger partial charge in [0.15, 0.2) is 0 Å². The Hall–Kier alpha value is -1.29. The number of carbonyl (C=O) groups is 1. The number of amides is 1. The van der Waals surface area contributed by atoms with Crippen molar-refractivity contribution in [3.8, 4) is 0 Å². The lowest BCUT2D eigenvalue weighted by atomic mass is 9.96. The molecule has 0 aromatic carbocycles. The van der Waals surface area contributed by atoms with Gasteiger partial charge in [-0.1, -0.05) is 12.8 Å². The Morgan fingerprint density at radius 2 is 2.11 bits per heavy atom. The number of likely N-dealkylation sites (tertiary alicyclic amines) is 1. The van der Waals surface area contributed by atoms with Crippen LogP contribution in [0.2, 0.25) is 0 Å². The number of rotatable bonds is 3. The van der Waals surface area contributed by atoms with E-state index in [-0.39, 0.29) is 5.91 Å². The van der Waals surface area contributed by atoms with Gasteiger partial charge < -0.3 is 15.1 Å². The van der Waals surface area contributed by atoms with E-state index in [4.69, 9.17) is 10.2 Å². The van der Waals surface area contributed by atoms with Gasteiger partial charge in [0.25, 0.3) is 5.91 Å². The quantitative estimate of drug-likeness (QED) is 0.910. The molecule has 1 aromatic heterocycles. The molecule has 4 nitrogen and oxygen atoms in total. The van der Waals surface area contributed by atoms with E-state index in [1.807, 2.05) is 0 Å². The normalized spacial score (nSPS) is 24.3. The highest BCUT2D eigenvalue weighted by atomic mass is 16.3. The van der Waals surface area contributed by atoms with E-state index in [2.05, 4.69) is 4.90 Å². The number of hydrogen-bond acceptors (Lipinski definition) is 3. The first-order valence-electron chi connectivity index (χ1n) is 7.38. The van der Waals surface area contributed by atoms with Crippen LogP contribution in [0.1, 0.15) is 54.6 Å². The monoisotopic (exact) mass is 262 g/mol. The van der Waals surface area contributed by atoms with E-state index in [1.165, 1.54) is 25.7 Å². The summed E-state index contributed by atoms with van der Waals surface area (Å²) >= 11 is 0. The van der Waals surface area contributed by atoms with Crippen LogP contribution in [0, 0.1) is 5.92 Å². The molecular weight excluding hydrogens is 240 g/mol. The maximum absolute atomic E-state index is 12.6. The SMILES string of the molecule is NCc1cc(C(=O)N2CCCC2C2CCCC2)co1. The van der Waals surface area contributed by atoms with Gasteiger partial charge in [-0.25, -0.2) is 0 Å². The van der Waals surface area contributed by atoms with Crippen molar-refractivity contribution in [1.82, 2.24) is 4.90 Å². The lowest BCUT2D eigenvalue weighted by molar-refractivity contribution is 0.0688. The van der Waals surface area contributed by atoms with Gasteiger partial charge in [-0.2, -0.15) is 0 Å². The van der Waals surface area contributed by atoms with Crippen LogP contribution in [0.5, 0.6) is 0 Å². The molecule has 4 heteroatoms. The lowest BCUT2D eigenvalue weighted by Crippen LogP contribution is -2.39. The standard InChI is InChI=1S/C15H22N2O2/c16-9-13-8-12(10-19-13)15(18)17-7-3-6-14(17)11-4-1-2-5-11/h8,10-11,14H,1-7,9,16H2. The molecule has 1 atom stereocenters. The molecule has 0 radical (unpaired) electrons. The van der Waals surface area contributed by atoms with Gasteiger partial charge in [-0.3, -0.25) is 4.79 Å². The van der Waals surface area contributed by atoms with Crippen molar-refractivity contribution in [3.63, 3.8) is 0 Å². The molecule has 19 heavy (non-hydrogen) atoms. The number of nitrogens with two attached hydrogens (primary N) is 1. The molecule has 1 saturated heterocycles. The minimum absolute atomic E-state index is 0.123. The van der Waals surface area contributed by atoms with Gasteiger partial charge in [0.1, 0.15) is 12.0 Å². The zero-order chi connectivity index (χ0) is 13.2. The highest BCUT2D eigenvalue weighted by molar-refractivity contribution is 5.94. The molecule has 3 rings (SSSR count). The molecule has 2 fully saturated rings. The van der Waals surface area contributed by atoms with Gasteiger partial charge in [-0.15, -0.1) is 0 Å². The second kappa shape index (κ2) is 5.37. The highest BCUT2D eigenvalue weighted by Gasteiger charge is 2.36. The fourth-order valence-corrected chi connectivity index (χ4v) is 3.64. The van der Waals surface area contributed by atoms with Crippen molar-refractivity contribution in [1.29, 1.82) is 0 Å². The van der Waals surface area contributed by atoms with Crippen LogP contribution < -0.4 is 5.73 Å². The summed E-state index contributed by atoms with van der Waals surface area (Å²) in [5.74, 6) is 1.52. The van der Waals surface area contributed by atoms with Crippen LogP contribution in [0.25, 0.3) is 0 Å². The van der Waals surface area contributed by atoms with Crippen molar-refractivity contribution in [2.75, 3.05) is 6.54 Å². The summed E-state index contributed by atoms with van der Waals surface area (Å²) in [6.07, 6.45) is 9.07. The van der Waals surface area contributed by atoms with Gasteiger partial charge in [0.2, 0.25) is 0 Å². The van der Waals surface area contributed by atoms with Crippen LogP contribution in [0.3, 0.4) is 0 Å². The van der Waals surface area contributed by atoms with Crippen molar-refractivity contribution in [3.05, 3.63) is 23.7 Å². The summed E-state index contributed by atoms with van der Waals surface area (Å²) in [5, 5.41) is 0. The second-order valence-corrected chi connectivity index (χ2v) is 5.76. The summed E-state index contributed by atoms with van der Waals surface area (Å²) in [6, 6.07) is 2.23. The van der Waals surface area contributed by atoms with Gasteiger partial charge in [0.05, 0.1) is 12.1 Å². The minimum Gasteiger partial charge on any atom is -0.467 e. The average Bonchev–Trinajstić information content (AvgIpc) is 3.16. The zero-order valence-corrected chi connectivity index (χ0v) is 11.3. The summed E-state index contributed by atoms with van der Waals surface area (Å²) in [5.41, 5.74) is 6.18. The number of nitrogens with zero attached hydrogens (tertiary/aromatic N) is 1. The van der Waals surface area contributed by atoms with Crippen LogP contribution in [-0.4, -0.2) is 23.4 Å². The number of hydrogen-bond donors (Lipinski definition) is 1. The maximum Gasteiger partial charge on any atom is 0.257 e. The Morgan fingerprint density at radius 3 is 2.79 bits per heavy atom. The predicted octanol–water partition coefficient (Wildman–Crippen LogP) is 2.53. The Kier molecular flexibility index (Phi) is 3.60. The van der Waals surface area contributed by atoms with E-state index >= 15 is 0 Å². The first kappa shape index (κ1) is 12.7. The summed E-state index contributed by atoms with van der Waals surface area (Å²) in [6.45, 7) is 1.24. The average molecular weight is 262 g/mol. The first-order chi connectivity index (χ1) is 9.29. The highest BCUT2D eigenvalue weighted by Crippen LogP contribution is 2.36. The molecule has 1 aliphatic heterocycles. The maximum atomic E-state index is 12.6. The molecule has 1 unspecified atom stereocenters. The summed E-state index contributed by atoms with van der Waals surface area (Å²) in [4.78, 5) is 14.6. The van der Waals surface area contributed by atoms with Crippen molar-refractivity contribution in [2.45, 2.75) is 51.1 Å². The zero-order valence-electron chi connectivity index (χ0n) is 11.3. The van der Waals surface area contributed by atoms with Crippen molar-refractivity contribution >= 4 is 5.91 Å². The van der Waals surface area contributed by atoms with Gasteiger partial charge >= 0.3 is 0 Å². The fraction of sp³-hybridized carbons (Fsp3) is 0.667. The molecule has 0 spiro atoms. The smallest absolute Gasteiger partial charge is 0.257 e. The third-order valence-electron chi connectivity index (χ3n) is 4.61. The van der Waals surface area contributed by atoms with Crippen LogP contribution in [0.4, 0.5) is 0 Å². The Morgan fingerprint density at radius 1 is 1.32 bits per heavy atom. The topological polar surface area (TPSA) is 59.5 Å². The first-order valence-corrected chi connectivity index (χ1v) is 7.38. The Bertz CT molecular complexity index is 449. The van der Waals surface area contributed by atoms with Gasteiger partial charge in [-0.05, 0) is 37.7 Å². The molecule has 1 amide bonds. The van der Waals surface area contributed by atoms with E-state index in [1.54, 1.807) is 12.3 Å². The molecule has 0 bridgehead atoms. The van der Waals surface area contributed by atoms with E-state index in [0.717, 1.165) is 19.4 Å². The minimum atomic E-state index is 0.123. The third-order valence-corrected chi connectivity index (χ3v) is 4.61. The van der Waals surface area contributed by atoms with Gasteiger partial charge in [0, 0.05) is 12.6 Å². The molecule has 2 aliphatic rings. The molecular formula is C15H22N2O2.